The van der Waals surface area contributed by atoms with E-state index in [1.807, 2.05) is 12.1 Å². The van der Waals surface area contributed by atoms with Crippen molar-refractivity contribution in [1.82, 2.24) is 0 Å². The second-order valence-corrected chi connectivity index (χ2v) is 2.06. The fourth-order valence-electron chi connectivity index (χ4n) is 0.628. The molecule has 1 N–H and O–H groups in total. The van der Waals surface area contributed by atoms with Crippen LogP contribution in [0.15, 0.2) is 24.3 Å². The number of aromatic hydroxyl groups is 1. The van der Waals surface area contributed by atoms with Crippen LogP contribution in [0.1, 0.15) is 0 Å². The van der Waals surface area contributed by atoms with E-state index in [2.05, 4.69) is 9.12 Å². The molecule has 1 atom stereocenters. The Labute approximate surface area is 57.5 Å². The second-order valence-electron chi connectivity index (χ2n) is 1.73. The summed E-state index contributed by atoms with van der Waals surface area (Å²) in [5, 5.41) is 9.07. The lowest BCUT2D eigenvalue weighted by Crippen LogP contribution is -2.06. The predicted molar refractivity (Wildman–Crippen MR) is 43.2 cm³/mol. The van der Waals surface area contributed by atoms with Gasteiger partial charge in [-0.3, -0.25) is 0 Å². The number of hydrogen-bond donors (Lipinski definition) is 1. The summed E-state index contributed by atoms with van der Waals surface area (Å²) in [6.07, 6.45) is 0. The third-order valence-electron chi connectivity index (χ3n) is 1.12. The van der Waals surface area contributed by atoms with Crippen LogP contribution in [0.25, 0.3) is 0 Å². The van der Waals surface area contributed by atoms with E-state index in [0.29, 0.717) is 5.75 Å². The maximum Gasteiger partial charge on any atom is 0.183 e. The second kappa shape index (κ2) is 2.88. The fourth-order valence-corrected chi connectivity index (χ4v) is 0.910. The van der Waals surface area contributed by atoms with E-state index in [4.69, 9.17) is 5.11 Å². The minimum absolute atomic E-state index is 0.326. The van der Waals surface area contributed by atoms with Gasteiger partial charge in [0.2, 0.25) is 0 Å². The minimum Gasteiger partial charge on any atom is -0.509 e. The van der Waals surface area contributed by atoms with Crippen molar-refractivity contribution in [1.29, 1.82) is 0 Å². The Bertz CT molecular complexity index is 202. The van der Waals surface area contributed by atoms with Gasteiger partial charge in [-0.15, -0.1) is 0 Å². The Morgan fingerprint density at radius 3 is 2.44 bits per heavy atom. The minimum atomic E-state index is 0.326. The summed E-state index contributed by atoms with van der Waals surface area (Å²) < 4.78 is 0. The Morgan fingerprint density at radius 2 is 2.00 bits per heavy atom. The first-order valence-electron chi connectivity index (χ1n) is 2.67. The first kappa shape index (κ1) is 6.63. The third kappa shape index (κ3) is 1.46. The lowest BCUT2D eigenvalue weighted by atomic mass is 9.93. The van der Waals surface area contributed by atoms with E-state index in [9.17, 15) is 0 Å². The maximum absolute atomic E-state index is 9.07. The lowest BCUT2D eigenvalue weighted by Gasteiger charge is -1.96. The predicted octanol–water partition coefficient (Wildman–Crippen LogP) is 0.512. The van der Waals surface area contributed by atoms with Crippen molar-refractivity contribution in [3.8, 4) is 5.75 Å². The van der Waals surface area contributed by atoms with Crippen LogP contribution in [0.2, 0.25) is 0 Å². The maximum atomic E-state index is 9.07. The largest absolute Gasteiger partial charge is 0.509 e. The van der Waals surface area contributed by atoms with Crippen LogP contribution in [-0.4, -0.2) is 12.1 Å². The molecule has 9 heavy (non-hydrogen) atoms. The number of phenolic OH excluding ortho intramolecular Hbond substituents is 1. The molecule has 0 aliphatic rings. The van der Waals surface area contributed by atoms with Crippen LogP contribution in [0.3, 0.4) is 0 Å². The zero-order valence-electron chi connectivity index (χ0n) is 4.91. The molecule has 0 aromatic heterocycles. The summed E-state index contributed by atoms with van der Waals surface area (Å²) >= 11 is 0. The van der Waals surface area contributed by atoms with E-state index in [-0.39, 0.29) is 0 Å². The number of benzene rings is 1. The fraction of sp³-hybridized carbons (Fsp3) is 0. The Morgan fingerprint density at radius 1 is 1.33 bits per heavy atom. The zero-order valence-corrected chi connectivity index (χ0v) is 6.07. The van der Waals surface area contributed by atoms with Gasteiger partial charge >= 0.3 is 0 Å². The topological polar surface area (TPSA) is 20.2 Å². The lowest BCUT2D eigenvalue weighted by molar-refractivity contribution is 0.479. The van der Waals surface area contributed by atoms with Crippen LogP contribution in [0.5, 0.6) is 5.75 Å². The number of hydrogen-bond acceptors (Lipinski definition) is 1. The van der Waals surface area contributed by atoms with Crippen molar-refractivity contribution >= 4 is 21.6 Å². The van der Waals surface area contributed by atoms with E-state index in [0.717, 1.165) is 5.46 Å². The van der Waals surface area contributed by atoms with Crippen LogP contribution < -0.4 is 5.46 Å². The van der Waals surface area contributed by atoms with Gasteiger partial charge in [0.1, 0.15) is 5.75 Å². The van der Waals surface area contributed by atoms with Gasteiger partial charge in [-0.05, 0) is 11.5 Å². The van der Waals surface area contributed by atoms with Crippen molar-refractivity contribution < 1.29 is 5.11 Å². The van der Waals surface area contributed by atoms with Gasteiger partial charge in [0, 0.05) is 0 Å². The molecule has 0 saturated heterocycles. The molecule has 0 heterocycles. The standard InChI is InChI=1S/C6H7BOP/c8-6-4-2-1-3-5(6)7-9/h1-4,8H,9H2. The Hall–Kier alpha value is -0.485. The monoisotopic (exact) mass is 137 g/mol. The molecule has 0 fully saturated rings. The molecule has 1 radical (unpaired) electrons. The molecule has 0 amide bonds. The van der Waals surface area contributed by atoms with Crippen LogP contribution in [0, 0.1) is 0 Å². The molecule has 1 rings (SSSR count). The molecule has 3 heteroatoms. The molecule has 0 saturated carbocycles. The van der Waals surface area contributed by atoms with Gasteiger partial charge in [-0.25, -0.2) is 0 Å². The molecular weight excluding hydrogens is 130 g/mol. The van der Waals surface area contributed by atoms with E-state index in [1.165, 1.54) is 0 Å². The number of rotatable bonds is 1. The van der Waals surface area contributed by atoms with Crippen molar-refractivity contribution in [2.75, 3.05) is 0 Å². The summed E-state index contributed by atoms with van der Waals surface area (Å²) in [5.74, 6) is 0.326. The first-order chi connectivity index (χ1) is 4.34. The summed E-state index contributed by atoms with van der Waals surface area (Å²) in [4.78, 5) is 0. The molecule has 1 unspecified atom stereocenters. The van der Waals surface area contributed by atoms with Crippen LogP contribution in [-0.2, 0) is 0 Å². The molecule has 1 aromatic carbocycles. The molecule has 1 aromatic rings. The first-order valence-corrected chi connectivity index (χ1v) is 3.34. The molecule has 1 nitrogen and oxygen atoms in total. The van der Waals surface area contributed by atoms with Crippen molar-refractivity contribution in [3.05, 3.63) is 24.3 Å². The van der Waals surface area contributed by atoms with Crippen molar-refractivity contribution in [3.63, 3.8) is 0 Å². The molecular formula is C6H7BOP. The van der Waals surface area contributed by atoms with Gasteiger partial charge in [-0.2, -0.15) is 9.12 Å². The number of para-hydroxylation sites is 1. The summed E-state index contributed by atoms with van der Waals surface area (Å²) in [6, 6.07) is 7.20. The van der Waals surface area contributed by atoms with E-state index >= 15 is 0 Å². The Balaban J connectivity index is 3.01. The van der Waals surface area contributed by atoms with Crippen LogP contribution in [0.4, 0.5) is 0 Å². The Kier molecular flexibility index (Phi) is 2.13. The van der Waals surface area contributed by atoms with Crippen molar-refractivity contribution in [2.45, 2.75) is 0 Å². The highest BCUT2D eigenvalue weighted by molar-refractivity contribution is 7.58. The van der Waals surface area contributed by atoms with Gasteiger partial charge in [0.25, 0.3) is 0 Å². The molecule has 0 aliphatic carbocycles. The summed E-state index contributed by atoms with van der Waals surface area (Å²) in [7, 11) is 2.44. The van der Waals surface area contributed by atoms with Crippen molar-refractivity contribution in [2.24, 2.45) is 0 Å². The summed E-state index contributed by atoms with van der Waals surface area (Å²) in [6.45, 7) is 1.79. The van der Waals surface area contributed by atoms with Crippen LogP contribution >= 0.6 is 9.12 Å². The van der Waals surface area contributed by atoms with E-state index in [1.54, 1.807) is 19.1 Å². The third-order valence-corrected chi connectivity index (χ3v) is 1.48. The van der Waals surface area contributed by atoms with Gasteiger partial charge in [0.05, 0.1) is 0 Å². The van der Waals surface area contributed by atoms with Gasteiger partial charge < -0.3 is 5.11 Å². The summed E-state index contributed by atoms with van der Waals surface area (Å²) in [5.41, 5.74) is 0.850. The highest BCUT2D eigenvalue weighted by Gasteiger charge is 1.93. The molecule has 0 aliphatic heterocycles. The smallest absolute Gasteiger partial charge is 0.183 e. The average molecular weight is 137 g/mol. The SMILES string of the molecule is Oc1ccccc1[B]P. The zero-order chi connectivity index (χ0) is 6.69. The van der Waals surface area contributed by atoms with E-state index < -0.39 is 0 Å². The highest BCUT2D eigenvalue weighted by Crippen LogP contribution is 2.02. The molecule has 45 valence electrons. The highest BCUT2D eigenvalue weighted by atomic mass is 31.0. The quantitative estimate of drug-likeness (QED) is 0.441. The normalized spacial score (nSPS) is 9.00. The molecule has 0 bridgehead atoms. The average Bonchev–Trinajstić information content (AvgIpc) is 1.89. The van der Waals surface area contributed by atoms with Gasteiger partial charge in [0.15, 0.2) is 7.00 Å². The molecule has 0 spiro atoms. The number of phenols is 1. The van der Waals surface area contributed by atoms with Gasteiger partial charge in [-0.1, -0.05) is 18.2 Å².